The molecule has 1 saturated heterocycles. The highest BCUT2D eigenvalue weighted by atomic mass is 35.5. The van der Waals surface area contributed by atoms with Gasteiger partial charge in [-0.3, -0.25) is 10.1 Å². The van der Waals surface area contributed by atoms with Crippen molar-refractivity contribution < 1.29 is 23.8 Å². The molecule has 2 aromatic carbocycles. The molecule has 1 fully saturated rings. The number of para-hydroxylation sites is 1. The number of rotatable bonds is 7. The van der Waals surface area contributed by atoms with Gasteiger partial charge in [0.05, 0.1) is 12.3 Å². The Balaban J connectivity index is 1.14. The largest absolute Gasteiger partial charge is 0.486 e. The summed E-state index contributed by atoms with van der Waals surface area (Å²) in [5.41, 5.74) is 1.27. The molecule has 0 unspecified atom stereocenters. The highest BCUT2D eigenvalue weighted by Crippen LogP contribution is 2.37. The Bertz CT molecular complexity index is 942. The molecule has 0 spiro atoms. The van der Waals surface area contributed by atoms with Crippen molar-refractivity contribution in [1.29, 1.82) is 0 Å². The van der Waals surface area contributed by atoms with Gasteiger partial charge in [0, 0.05) is 23.0 Å². The van der Waals surface area contributed by atoms with Gasteiger partial charge in [-0.2, -0.15) is 0 Å². The zero-order chi connectivity index (χ0) is 22.3. The van der Waals surface area contributed by atoms with Gasteiger partial charge in [0.25, 0.3) is 0 Å². The van der Waals surface area contributed by atoms with Crippen LogP contribution in [0.25, 0.3) is 0 Å². The highest BCUT2D eigenvalue weighted by Gasteiger charge is 2.25. The van der Waals surface area contributed by atoms with Crippen molar-refractivity contribution in [3.63, 3.8) is 0 Å². The standard InChI is InChI=1S/C24H27ClN2O5/c25-19-7-5-17(6-8-19)22(28)18-9-12-27(13-10-18)11-2-14-32-24(29)26-20-3-1-4-21-23(20)31-16-15-30-21/h1,3-8,18H,2,9-16H2,(H,26,29). The third-order valence-electron chi connectivity index (χ3n) is 5.74. The number of halogens is 1. The predicted octanol–water partition coefficient (Wildman–Crippen LogP) is 4.64. The third kappa shape index (κ3) is 5.72. The van der Waals surface area contributed by atoms with E-state index in [1.807, 2.05) is 0 Å². The molecule has 7 nitrogen and oxygen atoms in total. The summed E-state index contributed by atoms with van der Waals surface area (Å²) in [4.78, 5) is 27.1. The maximum Gasteiger partial charge on any atom is 0.411 e. The number of fused-ring (bicyclic) bond motifs is 1. The fourth-order valence-electron chi connectivity index (χ4n) is 4.04. The van der Waals surface area contributed by atoms with E-state index in [1.165, 1.54) is 0 Å². The number of carbonyl (C=O) groups is 2. The van der Waals surface area contributed by atoms with Gasteiger partial charge in [0.1, 0.15) is 13.2 Å². The van der Waals surface area contributed by atoms with Crippen LogP contribution in [0.2, 0.25) is 5.02 Å². The van der Waals surface area contributed by atoms with Crippen molar-refractivity contribution in [2.24, 2.45) is 5.92 Å². The van der Waals surface area contributed by atoms with Gasteiger partial charge >= 0.3 is 6.09 Å². The lowest BCUT2D eigenvalue weighted by Crippen LogP contribution is -2.37. The lowest BCUT2D eigenvalue weighted by Gasteiger charge is -2.31. The van der Waals surface area contributed by atoms with E-state index in [-0.39, 0.29) is 11.7 Å². The number of ether oxygens (including phenoxy) is 3. The first kappa shape index (κ1) is 22.4. The summed E-state index contributed by atoms with van der Waals surface area (Å²) in [6, 6.07) is 12.5. The summed E-state index contributed by atoms with van der Waals surface area (Å²) in [5, 5.41) is 3.36. The molecule has 2 aliphatic rings. The molecule has 2 heterocycles. The van der Waals surface area contributed by atoms with Crippen molar-refractivity contribution in [1.82, 2.24) is 4.90 Å². The quantitative estimate of drug-likeness (QED) is 0.481. The molecular weight excluding hydrogens is 432 g/mol. The number of Topliss-reactive ketones (excluding diaryl/α,β-unsaturated/α-hetero) is 1. The van der Waals surface area contributed by atoms with Crippen LogP contribution in [-0.4, -0.2) is 56.2 Å². The monoisotopic (exact) mass is 458 g/mol. The maximum absolute atomic E-state index is 12.6. The van der Waals surface area contributed by atoms with Crippen LogP contribution in [0.15, 0.2) is 42.5 Å². The molecule has 0 radical (unpaired) electrons. The molecule has 0 atom stereocenters. The van der Waals surface area contributed by atoms with Gasteiger partial charge in [-0.05, 0) is 68.8 Å². The molecular formula is C24H27ClN2O5. The Morgan fingerprint density at radius 3 is 2.59 bits per heavy atom. The second-order valence-electron chi connectivity index (χ2n) is 7.93. The third-order valence-corrected chi connectivity index (χ3v) is 5.99. The van der Waals surface area contributed by atoms with E-state index in [1.54, 1.807) is 42.5 Å². The lowest BCUT2D eigenvalue weighted by atomic mass is 9.89. The first-order chi connectivity index (χ1) is 15.6. The summed E-state index contributed by atoms with van der Waals surface area (Å²) >= 11 is 5.91. The average Bonchev–Trinajstić information content (AvgIpc) is 2.82. The first-order valence-electron chi connectivity index (χ1n) is 10.9. The zero-order valence-corrected chi connectivity index (χ0v) is 18.6. The zero-order valence-electron chi connectivity index (χ0n) is 17.8. The van der Waals surface area contributed by atoms with Gasteiger partial charge in [0.2, 0.25) is 0 Å². The van der Waals surface area contributed by atoms with Crippen LogP contribution < -0.4 is 14.8 Å². The van der Waals surface area contributed by atoms with E-state index in [0.29, 0.717) is 42.0 Å². The minimum atomic E-state index is -0.514. The van der Waals surface area contributed by atoms with Crippen LogP contribution in [0.3, 0.4) is 0 Å². The Morgan fingerprint density at radius 2 is 1.81 bits per heavy atom. The number of hydrogen-bond donors (Lipinski definition) is 1. The normalized spacial score (nSPS) is 16.4. The van der Waals surface area contributed by atoms with Crippen molar-refractivity contribution in [2.75, 3.05) is 44.8 Å². The van der Waals surface area contributed by atoms with E-state index in [0.717, 1.165) is 44.5 Å². The van der Waals surface area contributed by atoms with Crippen LogP contribution in [0, 0.1) is 5.92 Å². The molecule has 1 amide bonds. The molecule has 2 aliphatic heterocycles. The number of nitrogens with one attached hydrogen (secondary N) is 1. The molecule has 170 valence electrons. The van der Waals surface area contributed by atoms with Gasteiger partial charge in [-0.1, -0.05) is 17.7 Å². The van der Waals surface area contributed by atoms with Crippen molar-refractivity contribution in [3.8, 4) is 11.5 Å². The number of anilines is 1. The Labute approximate surface area is 192 Å². The van der Waals surface area contributed by atoms with Crippen LogP contribution in [-0.2, 0) is 4.74 Å². The Hall–Kier alpha value is -2.77. The molecule has 32 heavy (non-hydrogen) atoms. The molecule has 0 saturated carbocycles. The minimum absolute atomic E-state index is 0.0532. The number of likely N-dealkylation sites (tertiary alicyclic amines) is 1. The summed E-state index contributed by atoms with van der Waals surface area (Å²) in [7, 11) is 0. The van der Waals surface area contributed by atoms with Crippen LogP contribution in [0.5, 0.6) is 11.5 Å². The van der Waals surface area contributed by atoms with Gasteiger partial charge in [0.15, 0.2) is 17.3 Å². The molecule has 8 heteroatoms. The van der Waals surface area contributed by atoms with Crippen LogP contribution in [0.4, 0.5) is 10.5 Å². The minimum Gasteiger partial charge on any atom is -0.486 e. The topological polar surface area (TPSA) is 77.1 Å². The molecule has 4 rings (SSSR count). The van der Waals surface area contributed by atoms with Crippen molar-refractivity contribution in [2.45, 2.75) is 19.3 Å². The van der Waals surface area contributed by atoms with E-state index in [4.69, 9.17) is 25.8 Å². The summed E-state index contributed by atoms with van der Waals surface area (Å²) in [6.07, 6.45) is 1.89. The summed E-state index contributed by atoms with van der Waals surface area (Å²) in [5.74, 6) is 1.40. The predicted molar refractivity (Wildman–Crippen MR) is 122 cm³/mol. The smallest absolute Gasteiger partial charge is 0.411 e. The molecule has 1 N–H and O–H groups in total. The van der Waals surface area contributed by atoms with Crippen LogP contribution >= 0.6 is 11.6 Å². The number of piperidine rings is 1. The number of carbonyl (C=O) groups excluding carboxylic acids is 2. The van der Waals surface area contributed by atoms with Crippen LogP contribution in [0.1, 0.15) is 29.6 Å². The van der Waals surface area contributed by atoms with Gasteiger partial charge in [-0.25, -0.2) is 4.79 Å². The lowest BCUT2D eigenvalue weighted by molar-refractivity contribution is 0.0830. The number of benzene rings is 2. The van der Waals surface area contributed by atoms with E-state index >= 15 is 0 Å². The van der Waals surface area contributed by atoms with Crippen molar-refractivity contribution >= 4 is 29.2 Å². The fraction of sp³-hybridized carbons (Fsp3) is 0.417. The SMILES string of the molecule is O=C(Nc1cccc2c1OCCO2)OCCCN1CCC(C(=O)c2ccc(Cl)cc2)CC1. The second kappa shape index (κ2) is 10.7. The fourth-order valence-corrected chi connectivity index (χ4v) is 4.17. The highest BCUT2D eigenvalue weighted by molar-refractivity contribution is 6.30. The number of hydrogen-bond acceptors (Lipinski definition) is 6. The Morgan fingerprint density at radius 1 is 1.06 bits per heavy atom. The molecule has 0 aromatic heterocycles. The second-order valence-corrected chi connectivity index (χ2v) is 8.37. The van der Waals surface area contributed by atoms with Crippen molar-refractivity contribution in [3.05, 3.63) is 53.1 Å². The van der Waals surface area contributed by atoms with E-state index in [2.05, 4.69) is 10.2 Å². The van der Waals surface area contributed by atoms with Gasteiger partial charge in [-0.15, -0.1) is 0 Å². The number of nitrogens with zero attached hydrogens (tertiary/aromatic N) is 1. The maximum atomic E-state index is 12.6. The van der Waals surface area contributed by atoms with E-state index < -0.39 is 6.09 Å². The summed E-state index contributed by atoms with van der Waals surface area (Å²) in [6.45, 7) is 3.82. The first-order valence-corrected chi connectivity index (χ1v) is 11.3. The average molecular weight is 459 g/mol. The molecule has 0 aliphatic carbocycles. The molecule has 0 bridgehead atoms. The van der Waals surface area contributed by atoms with Gasteiger partial charge < -0.3 is 19.1 Å². The summed E-state index contributed by atoms with van der Waals surface area (Å²) < 4.78 is 16.4. The molecule has 2 aromatic rings. The van der Waals surface area contributed by atoms with E-state index in [9.17, 15) is 9.59 Å². The number of ketones is 1. The number of amides is 1. The Kier molecular flexibility index (Phi) is 7.50.